The van der Waals surface area contributed by atoms with Crippen molar-refractivity contribution in [2.24, 2.45) is 28.6 Å². The summed E-state index contributed by atoms with van der Waals surface area (Å²) >= 11 is 0. The van der Waals surface area contributed by atoms with Gasteiger partial charge in [-0.2, -0.15) is 0 Å². The van der Waals surface area contributed by atoms with Gasteiger partial charge in [0.1, 0.15) is 16.9 Å². The SMILES string of the molecule is COc1c(N2CCN(C(=O)OC(C)OC(C)=O)C(C)C2)c(F)cc2c(=O)c(C(=O)OCC(=O)[C@@]3(O)CCC4C5CCC6=CC(=O)CC[C@]6(C)C5[C@@H](O)C[C@@]43C)cn(C3CC3)c12. The van der Waals surface area contributed by atoms with Gasteiger partial charge in [0.2, 0.25) is 17.5 Å². The zero-order valence-electron chi connectivity index (χ0n) is 35.7. The minimum absolute atomic E-state index is 0.0329. The number of piperazine rings is 1. The van der Waals surface area contributed by atoms with Gasteiger partial charge in [-0.15, -0.1) is 0 Å². The average Bonchev–Trinajstić information content (AvgIpc) is 4.00. The number of ketones is 2. The summed E-state index contributed by atoms with van der Waals surface area (Å²) in [6.07, 6.45) is 5.39. The van der Waals surface area contributed by atoms with Crippen molar-refractivity contribution in [2.75, 3.05) is 38.3 Å². The Labute approximate surface area is 353 Å². The lowest BCUT2D eigenvalue weighted by molar-refractivity contribution is -0.182. The van der Waals surface area contributed by atoms with Gasteiger partial charge in [-0.1, -0.05) is 19.4 Å². The second-order valence-electron chi connectivity index (χ2n) is 18.7. The van der Waals surface area contributed by atoms with E-state index in [0.29, 0.717) is 19.3 Å². The van der Waals surface area contributed by atoms with Gasteiger partial charge in [0.25, 0.3) is 0 Å². The molecule has 5 unspecified atom stereocenters. The summed E-state index contributed by atoms with van der Waals surface area (Å²) in [6, 6.07) is 0.480. The predicted molar refractivity (Wildman–Crippen MR) is 217 cm³/mol. The van der Waals surface area contributed by atoms with Crippen molar-refractivity contribution in [1.29, 1.82) is 0 Å². The molecular formula is C45H56FN3O12. The highest BCUT2D eigenvalue weighted by atomic mass is 19.1. The number of hydrogen-bond donors (Lipinski definition) is 2. The van der Waals surface area contributed by atoms with Crippen molar-refractivity contribution in [3.05, 3.63) is 45.5 Å². The molecule has 5 aliphatic carbocycles. The summed E-state index contributed by atoms with van der Waals surface area (Å²) in [7, 11) is 1.37. The summed E-state index contributed by atoms with van der Waals surface area (Å²) in [4.78, 5) is 81.6. The molecule has 1 amide bonds. The number of fused-ring (bicyclic) bond motifs is 6. The quantitative estimate of drug-likeness (QED) is 0.254. The number of rotatable bonds is 9. The number of aliphatic hydroxyl groups excluding tert-OH is 1. The molecule has 5 fully saturated rings. The first-order valence-corrected chi connectivity index (χ1v) is 21.5. The second-order valence-corrected chi connectivity index (χ2v) is 18.7. The van der Waals surface area contributed by atoms with Crippen LogP contribution in [0.4, 0.5) is 14.9 Å². The lowest BCUT2D eigenvalue weighted by Crippen LogP contribution is -2.62. The highest BCUT2D eigenvalue weighted by Crippen LogP contribution is 2.67. The number of anilines is 1. The van der Waals surface area contributed by atoms with E-state index in [2.05, 4.69) is 6.92 Å². The number of halogens is 1. The van der Waals surface area contributed by atoms with Gasteiger partial charge in [-0.3, -0.25) is 19.2 Å². The lowest BCUT2D eigenvalue weighted by atomic mass is 9.45. The van der Waals surface area contributed by atoms with Gasteiger partial charge >= 0.3 is 18.0 Å². The van der Waals surface area contributed by atoms with E-state index in [1.807, 2.05) is 6.92 Å². The highest BCUT2D eigenvalue weighted by Gasteiger charge is 2.68. The van der Waals surface area contributed by atoms with Gasteiger partial charge in [0.05, 0.1) is 24.1 Å². The van der Waals surface area contributed by atoms with E-state index in [4.69, 9.17) is 18.9 Å². The van der Waals surface area contributed by atoms with Crippen LogP contribution in [-0.4, -0.2) is 107 Å². The van der Waals surface area contributed by atoms with E-state index in [1.165, 1.54) is 32.1 Å². The molecule has 9 atom stereocenters. The van der Waals surface area contributed by atoms with Crippen LogP contribution in [0.2, 0.25) is 0 Å². The van der Waals surface area contributed by atoms with Gasteiger partial charge in [0.15, 0.2) is 24.0 Å². The minimum atomic E-state index is -1.89. The van der Waals surface area contributed by atoms with Gasteiger partial charge in [0, 0.05) is 63.6 Å². The van der Waals surface area contributed by atoms with Crippen LogP contribution in [-0.2, 0) is 28.6 Å². The number of aromatic nitrogens is 1. The van der Waals surface area contributed by atoms with E-state index >= 15 is 4.39 Å². The van der Waals surface area contributed by atoms with Crippen LogP contribution < -0.4 is 15.1 Å². The van der Waals surface area contributed by atoms with Crippen molar-refractivity contribution >= 4 is 46.2 Å². The maximum Gasteiger partial charge on any atom is 0.413 e. The molecule has 1 aliphatic heterocycles. The molecule has 4 saturated carbocycles. The first-order valence-electron chi connectivity index (χ1n) is 21.5. The largest absolute Gasteiger partial charge is 0.492 e. The Morgan fingerprint density at radius 1 is 1.03 bits per heavy atom. The summed E-state index contributed by atoms with van der Waals surface area (Å²) in [5.41, 5.74) is -2.97. The van der Waals surface area contributed by atoms with E-state index in [-0.39, 0.29) is 89.8 Å². The van der Waals surface area contributed by atoms with Crippen LogP contribution in [0.5, 0.6) is 5.75 Å². The average molecular weight is 850 g/mol. The van der Waals surface area contributed by atoms with Crippen molar-refractivity contribution in [2.45, 2.75) is 122 Å². The molecule has 0 bridgehead atoms. The fraction of sp³-hybridized carbons (Fsp3) is 0.644. The Balaban J connectivity index is 1.01. The van der Waals surface area contributed by atoms with E-state index in [0.717, 1.165) is 37.3 Å². The van der Waals surface area contributed by atoms with Gasteiger partial charge in [-0.25, -0.2) is 14.0 Å². The van der Waals surface area contributed by atoms with Crippen molar-refractivity contribution in [3.63, 3.8) is 0 Å². The van der Waals surface area contributed by atoms with Gasteiger partial charge < -0.3 is 43.5 Å². The van der Waals surface area contributed by atoms with Crippen molar-refractivity contribution in [3.8, 4) is 5.75 Å². The topological polar surface area (TPSA) is 191 Å². The standard InChI is InChI=1S/C45H56FN3O12/c1-23-20-47(15-16-48(23)42(56)61-25(3)60-24(2)50)38-33(46)18-30-37(40(38)58-6)49(27-8-9-27)21-31(39(30)54)41(55)59-22-35(53)45(57)14-12-32-29-10-7-26-17-28(51)11-13-43(26,4)36(29)34(52)19-44(32,45)5/h17-18,21,23,25,27,29,32,34,36,52,57H,7-16,19-20,22H2,1-6H3/t23?,25?,29?,32?,34-,36?,43-,44-,45-/m0/s1. The zero-order chi connectivity index (χ0) is 43.9. The normalized spacial score (nSPS) is 32.6. The number of amides is 1. The third-order valence-electron chi connectivity index (χ3n) is 15.2. The molecule has 1 aromatic carbocycles. The first-order chi connectivity index (χ1) is 28.8. The van der Waals surface area contributed by atoms with Crippen LogP contribution in [0.15, 0.2) is 28.7 Å². The molecule has 61 heavy (non-hydrogen) atoms. The number of benzene rings is 1. The van der Waals surface area contributed by atoms with Crippen LogP contribution in [0.3, 0.4) is 0 Å². The van der Waals surface area contributed by atoms with E-state index < -0.39 is 76.7 Å². The first kappa shape index (κ1) is 42.8. The van der Waals surface area contributed by atoms with Crippen molar-refractivity contribution < 1.29 is 57.5 Å². The summed E-state index contributed by atoms with van der Waals surface area (Å²) in [5.74, 6) is -3.12. The number of ether oxygens (including phenoxy) is 4. The number of hydrogen-bond acceptors (Lipinski definition) is 13. The van der Waals surface area contributed by atoms with Crippen LogP contribution >= 0.6 is 0 Å². The molecule has 2 N–H and O–H groups in total. The maximum absolute atomic E-state index is 16.3. The minimum Gasteiger partial charge on any atom is -0.492 e. The third kappa shape index (κ3) is 7.01. The monoisotopic (exact) mass is 849 g/mol. The second kappa shape index (κ2) is 15.5. The smallest absolute Gasteiger partial charge is 0.413 e. The van der Waals surface area contributed by atoms with E-state index in [9.17, 15) is 39.0 Å². The number of carbonyl (C=O) groups is 5. The van der Waals surface area contributed by atoms with E-state index in [1.54, 1.807) is 22.5 Å². The van der Waals surface area contributed by atoms with Gasteiger partial charge in [-0.05, 0) is 93.6 Å². The molecule has 0 radical (unpaired) electrons. The Hall–Kier alpha value is -4.83. The number of nitrogens with zero attached hydrogens (tertiary/aromatic N) is 3. The number of pyridine rings is 1. The van der Waals surface area contributed by atoms with Crippen molar-refractivity contribution in [1.82, 2.24) is 9.47 Å². The Bertz CT molecular complexity index is 2290. The predicted octanol–water partition coefficient (Wildman–Crippen LogP) is 5.00. The molecule has 15 nitrogen and oxygen atoms in total. The Morgan fingerprint density at radius 3 is 2.44 bits per heavy atom. The number of Topliss-reactive ketones (excluding diaryl/α,β-unsaturated/α-hetero) is 1. The Kier molecular flexibility index (Phi) is 10.9. The molecule has 16 heteroatoms. The summed E-state index contributed by atoms with van der Waals surface area (Å²) in [6.45, 7) is 8.08. The number of methoxy groups -OCH3 is 1. The molecule has 2 heterocycles. The number of allylic oxidation sites excluding steroid dienone is 1. The summed E-state index contributed by atoms with van der Waals surface area (Å²) in [5, 5.41) is 23.9. The molecule has 8 rings (SSSR count). The number of esters is 2. The van der Waals surface area contributed by atoms with Crippen LogP contribution in [0, 0.1) is 34.4 Å². The molecular weight excluding hydrogens is 794 g/mol. The fourth-order valence-electron chi connectivity index (χ4n) is 12.1. The molecule has 1 saturated heterocycles. The molecule has 2 aromatic rings. The molecule has 0 spiro atoms. The Morgan fingerprint density at radius 2 is 1.77 bits per heavy atom. The molecule has 330 valence electrons. The molecule has 1 aromatic heterocycles. The zero-order valence-corrected chi connectivity index (χ0v) is 35.7. The van der Waals surface area contributed by atoms with Crippen LogP contribution in [0.1, 0.15) is 109 Å². The maximum atomic E-state index is 16.3. The third-order valence-corrected chi connectivity index (χ3v) is 15.2. The molecule has 6 aliphatic rings. The summed E-state index contributed by atoms with van der Waals surface area (Å²) < 4.78 is 39.6. The lowest BCUT2D eigenvalue weighted by Gasteiger charge is -2.60. The highest BCUT2D eigenvalue weighted by molar-refractivity contribution is 5.99. The number of aliphatic hydroxyl groups is 2. The number of carbonyl (C=O) groups excluding carboxylic acids is 5. The fourth-order valence-corrected chi connectivity index (χ4v) is 12.1. The van der Waals surface area contributed by atoms with Crippen LogP contribution in [0.25, 0.3) is 10.9 Å².